The fourth-order valence-corrected chi connectivity index (χ4v) is 5.46. The predicted molar refractivity (Wildman–Crippen MR) is 128 cm³/mol. The average molecular weight is 467 g/mol. The molecule has 0 saturated heterocycles. The third-order valence-corrected chi connectivity index (χ3v) is 7.45. The van der Waals surface area contributed by atoms with E-state index in [1.54, 1.807) is 41.3 Å². The Morgan fingerprint density at radius 2 is 1.70 bits per heavy atom. The summed E-state index contributed by atoms with van der Waals surface area (Å²) < 4.78 is 39.2. The van der Waals surface area contributed by atoms with Crippen molar-refractivity contribution >= 4 is 27.3 Å². The second kappa shape index (κ2) is 9.54. The number of rotatable bonds is 7. The van der Waals surface area contributed by atoms with Crippen LogP contribution in [-0.4, -0.2) is 41.6 Å². The van der Waals surface area contributed by atoms with E-state index >= 15 is 0 Å². The van der Waals surface area contributed by atoms with E-state index < -0.39 is 10.0 Å². The average Bonchev–Trinajstić information content (AvgIpc) is 2.86. The quantitative estimate of drug-likeness (QED) is 0.528. The van der Waals surface area contributed by atoms with Crippen molar-refractivity contribution in [1.82, 2.24) is 0 Å². The Hall–Kier alpha value is -3.52. The lowest BCUT2D eigenvalue weighted by atomic mass is 10.0. The van der Waals surface area contributed by atoms with Crippen LogP contribution in [-0.2, 0) is 21.2 Å². The van der Waals surface area contributed by atoms with Crippen LogP contribution in [0.2, 0.25) is 0 Å². The third-order valence-electron chi connectivity index (χ3n) is 5.68. The van der Waals surface area contributed by atoms with Gasteiger partial charge in [-0.15, -0.1) is 0 Å². The summed E-state index contributed by atoms with van der Waals surface area (Å²) in [6.07, 6.45) is 1.71. The van der Waals surface area contributed by atoms with E-state index in [2.05, 4.69) is 0 Å². The van der Waals surface area contributed by atoms with Crippen molar-refractivity contribution in [3.05, 3.63) is 78.4 Å². The number of amides is 1. The summed E-state index contributed by atoms with van der Waals surface area (Å²) in [5, 5.41) is 0. The number of carbonyl (C=O) groups excluding carboxylic acids is 1. The maximum atomic E-state index is 13.7. The van der Waals surface area contributed by atoms with E-state index in [1.165, 1.54) is 26.4 Å². The minimum atomic E-state index is -4.05. The van der Waals surface area contributed by atoms with E-state index in [0.717, 1.165) is 28.4 Å². The molecule has 1 heterocycles. The molecule has 0 aliphatic carbocycles. The number of sulfonamides is 1. The van der Waals surface area contributed by atoms with Gasteiger partial charge in [-0.05, 0) is 48.7 Å². The zero-order valence-corrected chi connectivity index (χ0v) is 19.4. The number of hydrogen-bond donors (Lipinski definition) is 0. The van der Waals surface area contributed by atoms with Crippen LogP contribution >= 0.6 is 0 Å². The van der Waals surface area contributed by atoms with E-state index in [-0.39, 0.29) is 23.0 Å². The van der Waals surface area contributed by atoms with Crippen LogP contribution in [0.1, 0.15) is 12.0 Å². The molecule has 3 aromatic rings. The molecule has 7 nitrogen and oxygen atoms in total. The largest absolute Gasteiger partial charge is 0.497 e. The molecule has 1 amide bonds. The molecule has 3 aromatic carbocycles. The van der Waals surface area contributed by atoms with Gasteiger partial charge in [-0.2, -0.15) is 0 Å². The fourth-order valence-electron chi connectivity index (χ4n) is 4.01. The van der Waals surface area contributed by atoms with Gasteiger partial charge in [0.05, 0.1) is 24.8 Å². The normalized spacial score (nSPS) is 13.2. The first kappa shape index (κ1) is 22.7. The van der Waals surface area contributed by atoms with Gasteiger partial charge in [-0.3, -0.25) is 9.10 Å². The van der Waals surface area contributed by atoms with Gasteiger partial charge in [0.15, 0.2) is 0 Å². The maximum Gasteiger partial charge on any atom is 0.264 e. The Morgan fingerprint density at radius 1 is 0.970 bits per heavy atom. The zero-order valence-electron chi connectivity index (χ0n) is 18.6. The summed E-state index contributed by atoms with van der Waals surface area (Å²) >= 11 is 0. The highest BCUT2D eigenvalue weighted by Gasteiger charge is 2.32. The molecular formula is C25H26N2O5S. The molecule has 0 N–H and O–H groups in total. The second-order valence-electron chi connectivity index (χ2n) is 7.64. The minimum Gasteiger partial charge on any atom is -0.497 e. The first-order chi connectivity index (χ1) is 16.0. The molecule has 0 bridgehead atoms. The maximum absolute atomic E-state index is 13.7. The molecule has 0 fully saturated rings. The van der Waals surface area contributed by atoms with Crippen molar-refractivity contribution in [1.29, 1.82) is 0 Å². The first-order valence-corrected chi connectivity index (χ1v) is 12.1. The van der Waals surface area contributed by atoms with Gasteiger partial charge in [0, 0.05) is 18.3 Å². The van der Waals surface area contributed by atoms with E-state index in [1.807, 2.05) is 24.3 Å². The summed E-state index contributed by atoms with van der Waals surface area (Å²) in [6.45, 7) is 0.170. The lowest BCUT2D eigenvalue weighted by molar-refractivity contribution is -0.117. The highest BCUT2D eigenvalue weighted by Crippen LogP contribution is 2.36. The van der Waals surface area contributed by atoms with Crippen LogP contribution in [0, 0.1) is 0 Å². The number of ether oxygens (including phenoxy) is 2. The molecule has 1 aliphatic heterocycles. The summed E-state index contributed by atoms with van der Waals surface area (Å²) in [6, 6.07) is 20.6. The molecule has 1 aliphatic rings. The molecule has 0 saturated carbocycles. The number of carbonyl (C=O) groups is 1. The number of anilines is 2. The van der Waals surface area contributed by atoms with Gasteiger partial charge in [0.2, 0.25) is 5.91 Å². The van der Waals surface area contributed by atoms with Gasteiger partial charge in [-0.1, -0.05) is 36.4 Å². The van der Waals surface area contributed by atoms with Crippen molar-refractivity contribution in [3.8, 4) is 11.5 Å². The number of hydrogen-bond acceptors (Lipinski definition) is 5. The van der Waals surface area contributed by atoms with Crippen molar-refractivity contribution < 1.29 is 22.7 Å². The standard InChI is InChI=1S/C25H26N2O5S/c1-31-20-14-15-23(24(17-20)32-2)27(33(29,30)21-11-4-3-5-12-21)18-25(28)26-16-8-10-19-9-6-7-13-22(19)26/h3-7,9,11-15,17H,8,10,16,18H2,1-2H3. The van der Waals surface area contributed by atoms with E-state index in [0.29, 0.717) is 18.0 Å². The molecule has 4 rings (SSSR count). The van der Waals surface area contributed by atoms with Gasteiger partial charge >= 0.3 is 0 Å². The lowest BCUT2D eigenvalue weighted by Gasteiger charge is -2.32. The molecule has 0 aromatic heterocycles. The van der Waals surface area contributed by atoms with Crippen molar-refractivity contribution in [3.63, 3.8) is 0 Å². The first-order valence-electron chi connectivity index (χ1n) is 10.6. The predicted octanol–water partition coefficient (Wildman–Crippen LogP) is 3.88. The molecule has 0 atom stereocenters. The van der Waals surface area contributed by atoms with Gasteiger partial charge in [0.25, 0.3) is 10.0 Å². The van der Waals surface area contributed by atoms with Crippen LogP contribution in [0.25, 0.3) is 0 Å². The number of benzene rings is 3. The van der Waals surface area contributed by atoms with E-state index in [4.69, 9.17) is 9.47 Å². The van der Waals surface area contributed by atoms with Gasteiger partial charge in [0.1, 0.15) is 18.0 Å². The molecular weight excluding hydrogens is 440 g/mol. The smallest absolute Gasteiger partial charge is 0.264 e. The van der Waals surface area contributed by atoms with Gasteiger partial charge in [-0.25, -0.2) is 8.42 Å². The molecule has 172 valence electrons. The third kappa shape index (κ3) is 4.52. The highest BCUT2D eigenvalue weighted by atomic mass is 32.2. The Kier molecular flexibility index (Phi) is 6.55. The zero-order chi connectivity index (χ0) is 23.4. The van der Waals surface area contributed by atoms with E-state index in [9.17, 15) is 13.2 Å². The molecule has 0 spiro atoms. The minimum absolute atomic E-state index is 0.0923. The molecule has 0 radical (unpaired) electrons. The Labute approximate surface area is 194 Å². The van der Waals surface area contributed by atoms with Gasteiger partial charge < -0.3 is 14.4 Å². The summed E-state index contributed by atoms with van der Waals surface area (Å²) in [5.74, 6) is 0.504. The Bertz CT molecular complexity index is 1240. The SMILES string of the molecule is COc1ccc(N(CC(=O)N2CCCc3ccccc32)S(=O)(=O)c2ccccc2)c(OC)c1. The number of methoxy groups -OCH3 is 2. The topological polar surface area (TPSA) is 76.2 Å². The van der Waals surface area contributed by atoms with Crippen LogP contribution < -0.4 is 18.7 Å². The van der Waals surface area contributed by atoms with Crippen molar-refractivity contribution in [2.45, 2.75) is 17.7 Å². The van der Waals surface area contributed by atoms with Crippen LogP contribution in [0.15, 0.2) is 77.7 Å². The second-order valence-corrected chi connectivity index (χ2v) is 9.50. The monoisotopic (exact) mass is 466 g/mol. The van der Waals surface area contributed by atoms with Crippen molar-refractivity contribution in [2.24, 2.45) is 0 Å². The number of fused-ring (bicyclic) bond motifs is 1. The number of aryl methyl sites for hydroxylation is 1. The van der Waals surface area contributed by atoms with Crippen LogP contribution in [0.5, 0.6) is 11.5 Å². The summed E-state index contributed by atoms with van der Waals surface area (Å²) in [4.78, 5) is 15.3. The Balaban J connectivity index is 1.77. The number of para-hydroxylation sites is 1. The molecule has 8 heteroatoms. The Morgan fingerprint density at radius 3 is 2.42 bits per heavy atom. The fraction of sp³-hybridized carbons (Fsp3) is 0.240. The number of nitrogens with zero attached hydrogens (tertiary/aromatic N) is 2. The van der Waals surface area contributed by atoms with Crippen LogP contribution in [0.3, 0.4) is 0 Å². The van der Waals surface area contributed by atoms with Crippen molar-refractivity contribution in [2.75, 3.05) is 36.5 Å². The summed E-state index contributed by atoms with van der Waals surface area (Å²) in [5.41, 5.74) is 2.17. The highest BCUT2D eigenvalue weighted by molar-refractivity contribution is 7.92. The molecule has 0 unspecified atom stereocenters. The van der Waals surface area contributed by atoms with Crippen LogP contribution in [0.4, 0.5) is 11.4 Å². The lowest BCUT2D eigenvalue weighted by Crippen LogP contribution is -2.45. The summed E-state index contributed by atoms with van der Waals surface area (Å²) in [7, 11) is -1.08. The molecule has 33 heavy (non-hydrogen) atoms.